The second-order valence-corrected chi connectivity index (χ2v) is 41.7. The van der Waals surface area contributed by atoms with Crippen LogP contribution >= 0.6 is 0 Å². The van der Waals surface area contributed by atoms with Crippen LogP contribution in [0.5, 0.6) is 0 Å². The number of amides is 3. The van der Waals surface area contributed by atoms with Crippen LogP contribution in [0.4, 0.5) is 87.8 Å². The number of benzene rings is 8. The van der Waals surface area contributed by atoms with E-state index in [1.807, 2.05) is 0 Å². The Morgan fingerprint density at radius 2 is 0.762 bits per heavy atom. The van der Waals surface area contributed by atoms with Gasteiger partial charge in [0.2, 0.25) is 57.8 Å². The van der Waals surface area contributed by atoms with Gasteiger partial charge in [-0.25, -0.2) is 105 Å². The van der Waals surface area contributed by atoms with Gasteiger partial charge in [-0.2, -0.15) is 48.7 Å². The number of carbonyl (C=O) groups is 4. The topological polar surface area (TPSA) is 357 Å². The third-order valence-electron chi connectivity index (χ3n) is 23.1. The van der Waals surface area contributed by atoms with Gasteiger partial charge in [0, 0.05) is 127 Å². The molecule has 0 aliphatic carbocycles. The largest absolute Gasteiger partial charge is 0.351 e. The van der Waals surface area contributed by atoms with Crippen LogP contribution in [0.15, 0.2) is 239 Å². The van der Waals surface area contributed by atoms with Crippen LogP contribution in [0.3, 0.4) is 0 Å². The fourth-order valence-electron chi connectivity index (χ4n) is 15.8. The number of alkyl halides is 12. The number of sulfonamides is 4. The highest BCUT2D eigenvalue weighted by atomic mass is 32.2. The second-order valence-electron chi connectivity index (χ2n) is 34.1. The molecule has 4 saturated heterocycles. The van der Waals surface area contributed by atoms with Gasteiger partial charge in [-0.05, 0) is 217 Å². The Balaban J connectivity index is 0.000000164. The second kappa shape index (κ2) is 45.8. The maximum absolute atomic E-state index is 14.7. The van der Waals surface area contributed by atoms with Crippen LogP contribution < -0.4 is 16.0 Å². The summed E-state index contributed by atoms with van der Waals surface area (Å²) >= 11 is 0. The summed E-state index contributed by atoms with van der Waals surface area (Å²) in [6.45, 7) is -0.570. The normalized spacial score (nSPS) is 18.6. The van der Waals surface area contributed by atoms with Gasteiger partial charge < -0.3 is 16.0 Å². The first-order chi connectivity index (χ1) is 69.1. The molecule has 12 aromatic rings. The van der Waals surface area contributed by atoms with Crippen molar-refractivity contribution >= 4 is 63.6 Å². The highest BCUT2D eigenvalue weighted by Gasteiger charge is 2.49. The van der Waals surface area contributed by atoms with Crippen molar-refractivity contribution in [3.05, 3.63) is 311 Å². The molecule has 3 N–H and O–H groups in total. The third-order valence-corrected chi connectivity index (χ3v) is 30.7. The van der Waals surface area contributed by atoms with Crippen molar-refractivity contribution in [2.24, 2.45) is 0 Å². The van der Waals surface area contributed by atoms with Crippen molar-refractivity contribution in [2.45, 2.75) is 172 Å². The summed E-state index contributed by atoms with van der Waals surface area (Å²) in [6, 6.07) is 27.5. The molecule has 4 aromatic heterocycles. The van der Waals surface area contributed by atoms with E-state index < -0.39 is 226 Å². The van der Waals surface area contributed by atoms with Gasteiger partial charge >= 0.3 is 5.92 Å². The number of Topliss-reactive ketones (excluding diaryl/α,β-unsaturated/α-hetero) is 1. The number of aromatic nitrogens is 8. The molecule has 0 unspecified atom stereocenters. The summed E-state index contributed by atoms with van der Waals surface area (Å²) < 4.78 is 379. The van der Waals surface area contributed by atoms with E-state index in [1.165, 1.54) is 36.4 Å². The number of carbonyl (C=O) groups excluding carboxylic acids is 4. The molecule has 147 heavy (non-hydrogen) atoms. The van der Waals surface area contributed by atoms with Crippen LogP contribution in [-0.4, -0.2) is 190 Å². The zero-order chi connectivity index (χ0) is 107. The van der Waals surface area contributed by atoms with Crippen molar-refractivity contribution in [2.75, 3.05) is 26.2 Å². The number of hydrogen-bond donors (Lipinski definition) is 3. The molecule has 0 radical (unpaired) electrons. The van der Waals surface area contributed by atoms with Crippen molar-refractivity contribution in [3.8, 4) is 44.9 Å². The Labute approximate surface area is 826 Å². The first-order valence-corrected chi connectivity index (χ1v) is 49.8. The predicted octanol–water partition coefficient (Wildman–Crippen LogP) is 16.5. The Kier molecular flexibility index (Phi) is 34.5. The number of halogens is 20. The fourth-order valence-corrected chi connectivity index (χ4v) is 22.3. The van der Waals surface area contributed by atoms with E-state index in [2.05, 4.69) is 56.1 Å². The minimum Gasteiger partial charge on any atom is -0.351 e. The van der Waals surface area contributed by atoms with E-state index in [9.17, 15) is 141 Å². The monoisotopic (exact) mass is 2150 g/mol. The maximum Gasteiger partial charge on any atom is 0.303 e. The lowest BCUT2D eigenvalue weighted by Crippen LogP contribution is -2.45. The Morgan fingerprint density at radius 1 is 0.374 bits per heavy atom. The minimum atomic E-state index is -4.29. The molecule has 0 saturated carbocycles. The van der Waals surface area contributed by atoms with Gasteiger partial charge in [0.05, 0.1) is 61.5 Å². The average molecular weight is 2150 g/mol. The molecular formula is C96H83F20N15O12S4. The van der Waals surface area contributed by atoms with Crippen LogP contribution in [0.1, 0.15) is 104 Å². The van der Waals surface area contributed by atoms with E-state index in [1.54, 1.807) is 0 Å². The van der Waals surface area contributed by atoms with Crippen molar-refractivity contribution in [1.82, 2.24) is 73.3 Å². The van der Waals surface area contributed by atoms with E-state index in [0.29, 0.717) is 26.3 Å². The first kappa shape index (κ1) is 111. The van der Waals surface area contributed by atoms with Crippen molar-refractivity contribution < 1.29 is 141 Å². The minimum absolute atomic E-state index is 0.00913. The lowest BCUT2D eigenvalue weighted by molar-refractivity contribution is -0.125. The molecule has 51 heteroatoms. The molecule has 3 amide bonds. The molecule has 778 valence electrons. The maximum atomic E-state index is 14.7. The highest BCUT2D eigenvalue weighted by molar-refractivity contribution is 7.90. The summed E-state index contributed by atoms with van der Waals surface area (Å²) in [5.41, 5.74) is 0.797. The predicted molar refractivity (Wildman–Crippen MR) is 487 cm³/mol. The highest BCUT2D eigenvalue weighted by Crippen LogP contribution is 2.38. The van der Waals surface area contributed by atoms with E-state index in [4.69, 9.17) is 0 Å². The molecule has 0 bridgehead atoms. The summed E-state index contributed by atoms with van der Waals surface area (Å²) in [4.78, 5) is 72.5. The van der Waals surface area contributed by atoms with Crippen LogP contribution in [-0.2, 0) is 103 Å². The smallest absolute Gasteiger partial charge is 0.303 e. The molecule has 4 fully saturated rings. The van der Waals surface area contributed by atoms with Crippen LogP contribution in [0.2, 0.25) is 0 Å². The Bertz CT molecular complexity index is 7050. The zero-order valence-electron chi connectivity index (χ0n) is 76.6. The third kappa shape index (κ3) is 27.4. The average Bonchev–Trinajstić information content (AvgIpc) is 1.65. The number of hydrogen-bond acceptors (Lipinski definition) is 20. The Morgan fingerprint density at radius 3 is 1.13 bits per heavy atom. The molecule has 8 heterocycles. The van der Waals surface area contributed by atoms with E-state index >= 15 is 0 Å². The van der Waals surface area contributed by atoms with Crippen LogP contribution in [0.25, 0.3) is 44.9 Å². The number of rotatable bonds is 29. The zero-order valence-corrected chi connectivity index (χ0v) is 79.9. The standard InChI is InChI=1S/C25H22F5N3O3S.2C24H21F5N4O3S.C23H19F5N4O3S/c1-25(29,30)23-14-31-21(13-32-23)18-12-15(2-8-19(18)27)3-9-22(34)24-20(28)10-11-33(24)37(35,36)17-6-4-16(26)5-7-17;1-24(28,29)23-31-11-16(12-32-23)15-6-14(7-18(26)8-15)10-30-22(34)21-9-19(27)13-33(21)37(35,36)20-4-2-17(25)3-5-20;1-24(28,29)22-7-6-20(31-32-22)15-8-14(9-17(26)10-15)12-30-23(34)21-11-18(27)13-33(21)37(35,36)19-4-2-16(25)3-5-19;24-15-1-3-18(4-2-15)36(34,35)32-12-17(26)8-21(32)23(33)31-9-13-5-14(7-16(25)6-13)19-10-30-20(11-29-19)22(27)28/h2,4-8,12-14,20,24H,3,9-11H2,1H3;2-8,11-12,19,21H,9-10,13H2,1H3,(H,30,34);2-10,18,21H,11-13H2,1H3,(H,30,34);1-7,10-11,17,21-22H,8-9,12H2,(H,31,33)/t20-,24-;19-,21+;18-,21+;17-,21+/m0111/s1. The molecule has 4 aliphatic heterocycles. The molecule has 0 spiro atoms. The number of nitrogens with zero attached hydrogens (tertiary/aromatic N) is 12. The van der Waals surface area contributed by atoms with Crippen molar-refractivity contribution in [1.29, 1.82) is 0 Å². The summed E-state index contributed by atoms with van der Waals surface area (Å²) in [5.74, 6) is -18.7. The molecule has 8 aromatic carbocycles. The van der Waals surface area contributed by atoms with Gasteiger partial charge in [-0.1, -0.05) is 6.07 Å². The van der Waals surface area contributed by atoms with Gasteiger partial charge in [-0.15, -0.1) is 5.10 Å². The Hall–Kier alpha value is -13.6. The molecule has 4 aliphatic rings. The summed E-state index contributed by atoms with van der Waals surface area (Å²) in [7, 11) is -17.1. The molecule has 8 atom stereocenters. The number of nitrogens with one attached hydrogen (secondary N) is 3. The molecule has 27 nitrogen and oxygen atoms in total. The van der Waals surface area contributed by atoms with Gasteiger partial charge in [0.15, 0.2) is 11.6 Å². The molecule has 16 rings (SSSR count). The van der Waals surface area contributed by atoms with Crippen molar-refractivity contribution in [3.63, 3.8) is 0 Å². The van der Waals surface area contributed by atoms with Gasteiger partial charge in [-0.3, -0.25) is 39.1 Å². The lowest BCUT2D eigenvalue weighted by atomic mass is 9.99. The van der Waals surface area contributed by atoms with Crippen LogP contribution in [0, 0.1) is 46.5 Å². The first-order valence-electron chi connectivity index (χ1n) is 44.0. The lowest BCUT2D eigenvalue weighted by Gasteiger charge is -2.24. The fraction of sp³-hybridized carbons (Fsp3) is 0.292. The quantitative estimate of drug-likeness (QED) is 0.0367. The van der Waals surface area contributed by atoms with Gasteiger partial charge in [0.25, 0.3) is 18.3 Å². The van der Waals surface area contributed by atoms with E-state index in [-0.39, 0.29) is 146 Å². The van der Waals surface area contributed by atoms with E-state index in [0.717, 1.165) is 200 Å². The SMILES string of the molecule is CC(F)(F)c1ccc(-c2cc(F)cc(CNC(=O)[C@@H]3C[C@@H](F)CN3S(=O)(=O)c3ccc(F)cc3)c2)nn1.CC(F)(F)c1cnc(-c2cc(CCC(=O)[C@@H]3[C@@H](F)CCN3S(=O)(=O)c3ccc(F)cc3)ccc2F)cn1.CC(F)(F)c1ncc(-c2cc(F)cc(CNC(=O)[C@@H]3C[C@@H](F)CN3S(=O)(=O)c3ccc(F)cc3)c2)cn1.O=C(NCc1cc(F)cc(-c2cnc(C(F)F)cn2)c1)[C@@H]1C[C@@H](F)CN1S(=O)(=O)c1ccc(F)cc1. The molecular weight excluding hydrogens is 2060 g/mol. The summed E-state index contributed by atoms with van der Waals surface area (Å²) in [5, 5.41) is 14.6. The summed E-state index contributed by atoms with van der Waals surface area (Å²) in [6.07, 6.45) is -4.76. The number of ketones is 1. The number of aryl methyl sites for hydroxylation is 1. The van der Waals surface area contributed by atoms with Gasteiger partial charge in [0.1, 0.15) is 112 Å².